The topological polar surface area (TPSA) is 75.6 Å². The Labute approximate surface area is 209 Å². The van der Waals surface area contributed by atoms with Crippen molar-refractivity contribution in [3.8, 4) is 5.75 Å². The Kier molecular flexibility index (Phi) is 6.74. The molecule has 2 N–H and O–H groups in total. The van der Waals surface area contributed by atoms with Crippen LogP contribution in [0.25, 0.3) is 0 Å². The second-order valence-corrected chi connectivity index (χ2v) is 9.88. The number of halogens is 1. The number of anilines is 1. The second-order valence-electron chi connectivity index (χ2n) is 9.88. The van der Waals surface area contributed by atoms with Gasteiger partial charge < -0.3 is 19.6 Å². The number of phenols is 1. The van der Waals surface area contributed by atoms with E-state index in [0.717, 1.165) is 43.2 Å². The number of carbonyl (C=O) groups is 2. The Hall–Kier alpha value is -3.71. The number of Topliss-reactive ketones (excluding diaryl/α,β-unsaturated/α-hetero) is 1. The van der Waals surface area contributed by atoms with Crippen LogP contribution in [0.5, 0.6) is 5.75 Å². The molecule has 0 amide bonds. The van der Waals surface area contributed by atoms with Crippen molar-refractivity contribution in [2.45, 2.75) is 25.0 Å². The molecule has 6 nitrogen and oxygen atoms in total. The Morgan fingerprint density at radius 2 is 1.67 bits per heavy atom. The maximum absolute atomic E-state index is 13.5. The van der Waals surface area contributed by atoms with Crippen molar-refractivity contribution in [3.05, 3.63) is 95.8 Å². The van der Waals surface area contributed by atoms with E-state index >= 15 is 0 Å². The molecule has 7 heteroatoms. The number of benzene rings is 3. The fourth-order valence-corrected chi connectivity index (χ4v) is 5.55. The van der Waals surface area contributed by atoms with Gasteiger partial charge in [0.1, 0.15) is 24.7 Å². The zero-order chi connectivity index (χ0) is 25.1. The van der Waals surface area contributed by atoms with Crippen LogP contribution in [-0.4, -0.2) is 53.6 Å². The van der Waals surface area contributed by atoms with Gasteiger partial charge >= 0.3 is 5.97 Å². The van der Waals surface area contributed by atoms with Crippen molar-refractivity contribution in [2.24, 2.45) is 5.92 Å². The normalized spacial score (nSPS) is 23.6. The molecular formula is C29H30FN2O4+. The van der Waals surface area contributed by atoms with Crippen molar-refractivity contribution < 1.29 is 28.3 Å². The highest BCUT2D eigenvalue weighted by Gasteiger charge is 2.49. The molecule has 0 unspecified atom stereocenters. The molecular weight excluding hydrogens is 459 g/mol. The van der Waals surface area contributed by atoms with E-state index in [4.69, 9.17) is 4.74 Å². The van der Waals surface area contributed by atoms with Crippen LogP contribution in [0.2, 0.25) is 0 Å². The summed E-state index contributed by atoms with van der Waals surface area (Å²) in [5, 5.41) is 13.4. The summed E-state index contributed by atoms with van der Waals surface area (Å²) < 4.78 is 20.0. The molecule has 0 radical (unpaired) electrons. The van der Waals surface area contributed by atoms with Crippen LogP contribution in [-0.2, 0) is 9.53 Å². The quantitative estimate of drug-likeness (QED) is 0.272. The van der Waals surface area contributed by atoms with E-state index in [1.807, 2.05) is 60.7 Å². The molecule has 186 valence electrons. The van der Waals surface area contributed by atoms with E-state index in [1.54, 1.807) is 0 Å². The highest BCUT2D eigenvalue weighted by atomic mass is 19.1. The molecule has 3 aromatic rings. The zero-order valence-electron chi connectivity index (χ0n) is 20.0. The molecule has 6 rings (SSSR count). The molecule has 0 aliphatic carbocycles. The first-order valence-corrected chi connectivity index (χ1v) is 12.4. The molecule has 0 spiro atoms. The number of quaternary nitrogens is 1. The van der Waals surface area contributed by atoms with Crippen LogP contribution < -0.4 is 5.32 Å². The smallest absolute Gasteiger partial charge is 0.333 e. The molecule has 3 aromatic carbocycles. The highest BCUT2D eigenvalue weighted by Crippen LogP contribution is 2.37. The van der Waals surface area contributed by atoms with Crippen molar-refractivity contribution in [1.29, 1.82) is 0 Å². The number of aromatic hydroxyl groups is 1. The predicted octanol–water partition coefficient (Wildman–Crippen LogP) is 4.72. The number of nitrogens with one attached hydrogen (secondary N) is 1. The standard InChI is InChI=1S/C29H29FN2O4/c30-22-11-12-24(25(33)17-22)26(34)18-32-15-13-20(14-16-32)27(19-32)36-29(35)28(21-7-3-1-4-8-21)31-23-9-5-2-6-10-23/h1-12,17,20,27-28,31H,13-16,18-19H2/p+1/t20?,27-,28+,32?/m0/s1. The van der Waals surface area contributed by atoms with Crippen LogP contribution in [0.4, 0.5) is 10.1 Å². The van der Waals surface area contributed by atoms with E-state index in [2.05, 4.69) is 5.32 Å². The Bertz CT molecular complexity index is 1230. The monoisotopic (exact) mass is 489 g/mol. The first kappa shape index (κ1) is 24.0. The number of hydrogen-bond donors (Lipinski definition) is 2. The molecule has 3 heterocycles. The van der Waals surface area contributed by atoms with Crippen LogP contribution in [0, 0.1) is 11.7 Å². The third-order valence-corrected chi connectivity index (χ3v) is 7.50. The number of phenolic OH excluding ortho intramolecular Hbond substituents is 1. The Morgan fingerprint density at radius 3 is 2.33 bits per heavy atom. The first-order valence-electron chi connectivity index (χ1n) is 12.4. The molecule has 3 saturated heterocycles. The second kappa shape index (κ2) is 10.1. The van der Waals surface area contributed by atoms with Crippen molar-refractivity contribution in [1.82, 2.24) is 0 Å². The van der Waals surface area contributed by atoms with Crippen molar-refractivity contribution in [3.63, 3.8) is 0 Å². The number of rotatable bonds is 8. The van der Waals surface area contributed by atoms with Gasteiger partial charge in [0.2, 0.25) is 5.78 Å². The minimum Gasteiger partial charge on any atom is -0.507 e. The Morgan fingerprint density at radius 1 is 1.00 bits per heavy atom. The summed E-state index contributed by atoms with van der Waals surface area (Å²) >= 11 is 0. The molecule has 0 aromatic heterocycles. The number of para-hydroxylation sites is 1. The number of ketones is 1. The van der Waals surface area contributed by atoms with Gasteiger partial charge in [0, 0.05) is 30.5 Å². The average molecular weight is 490 g/mol. The molecule has 3 aliphatic heterocycles. The average Bonchev–Trinajstić information content (AvgIpc) is 2.88. The van der Waals surface area contributed by atoms with Crippen molar-refractivity contribution in [2.75, 3.05) is 31.5 Å². The van der Waals surface area contributed by atoms with Crippen LogP contribution in [0.15, 0.2) is 78.9 Å². The third kappa shape index (κ3) is 5.11. The lowest BCUT2D eigenvalue weighted by atomic mass is 9.82. The molecule has 2 atom stereocenters. The molecule has 3 fully saturated rings. The lowest BCUT2D eigenvalue weighted by Crippen LogP contribution is -2.65. The summed E-state index contributed by atoms with van der Waals surface area (Å²) in [6, 6.07) is 21.9. The molecule has 0 saturated carbocycles. The van der Waals surface area contributed by atoms with Gasteiger partial charge in [-0.15, -0.1) is 0 Å². The summed E-state index contributed by atoms with van der Waals surface area (Å²) in [4.78, 5) is 26.5. The summed E-state index contributed by atoms with van der Waals surface area (Å²) in [7, 11) is 0. The van der Waals surface area contributed by atoms with Gasteiger partial charge in [-0.2, -0.15) is 0 Å². The van der Waals surface area contributed by atoms with Gasteiger partial charge in [-0.3, -0.25) is 4.79 Å². The third-order valence-electron chi connectivity index (χ3n) is 7.50. The largest absolute Gasteiger partial charge is 0.507 e. The SMILES string of the molecule is O=C(C[N+]12CCC(CC1)[C@@H](OC(=O)[C@H](Nc1ccccc1)c1ccccc1)C2)c1ccc(F)cc1O. The fourth-order valence-electron chi connectivity index (χ4n) is 5.55. The van der Waals surface area contributed by atoms with Crippen LogP contribution >= 0.6 is 0 Å². The lowest BCUT2D eigenvalue weighted by molar-refractivity contribution is -0.938. The van der Waals surface area contributed by atoms with Gasteiger partial charge in [-0.25, -0.2) is 9.18 Å². The maximum Gasteiger partial charge on any atom is 0.333 e. The molecule has 3 aliphatic rings. The van der Waals surface area contributed by atoms with E-state index in [9.17, 15) is 19.1 Å². The minimum absolute atomic E-state index is 0.126. The number of fused-ring (bicyclic) bond motifs is 3. The predicted molar refractivity (Wildman–Crippen MR) is 134 cm³/mol. The summed E-state index contributed by atoms with van der Waals surface area (Å²) in [5.74, 6) is -1.24. The minimum atomic E-state index is -0.657. The summed E-state index contributed by atoms with van der Waals surface area (Å²) in [6.45, 7) is 2.37. The van der Waals surface area contributed by atoms with E-state index in [1.165, 1.54) is 12.1 Å². The summed E-state index contributed by atoms with van der Waals surface area (Å²) in [6.07, 6.45) is 1.43. The number of piperidine rings is 3. The molecule has 36 heavy (non-hydrogen) atoms. The van der Waals surface area contributed by atoms with Crippen LogP contribution in [0.1, 0.15) is 34.8 Å². The van der Waals surface area contributed by atoms with E-state index in [-0.39, 0.29) is 41.6 Å². The highest BCUT2D eigenvalue weighted by molar-refractivity contribution is 5.99. The van der Waals surface area contributed by atoms with Gasteiger partial charge in [0.05, 0.1) is 18.7 Å². The maximum atomic E-state index is 13.5. The zero-order valence-corrected chi connectivity index (χ0v) is 20.0. The van der Waals surface area contributed by atoms with Crippen LogP contribution in [0.3, 0.4) is 0 Å². The van der Waals surface area contributed by atoms with E-state index in [0.29, 0.717) is 11.0 Å². The summed E-state index contributed by atoms with van der Waals surface area (Å²) in [5.41, 5.74) is 1.77. The number of hydrogen-bond acceptors (Lipinski definition) is 5. The lowest BCUT2D eigenvalue weighted by Gasteiger charge is -2.51. The fraction of sp³-hybridized carbons (Fsp3) is 0.310. The van der Waals surface area contributed by atoms with E-state index < -0.39 is 11.9 Å². The van der Waals surface area contributed by atoms with Gasteiger partial charge in [0.25, 0.3) is 0 Å². The molecule has 2 bridgehead atoms. The van der Waals surface area contributed by atoms with Gasteiger partial charge in [-0.1, -0.05) is 48.5 Å². The van der Waals surface area contributed by atoms with Crippen molar-refractivity contribution >= 4 is 17.4 Å². The Balaban J connectivity index is 1.31. The number of nitrogens with zero attached hydrogens (tertiary/aromatic N) is 1. The number of ether oxygens (including phenoxy) is 1. The number of carbonyl (C=O) groups excluding carboxylic acids is 2. The van der Waals surface area contributed by atoms with Gasteiger partial charge in [0.15, 0.2) is 12.1 Å². The van der Waals surface area contributed by atoms with Gasteiger partial charge in [-0.05, 0) is 29.8 Å². The first-order chi connectivity index (χ1) is 17.4. The number of esters is 1.